The molecule has 2 amide bonds. The summed E-state index contributed by atoms with van der Waals surface area (Å²) in [7, 11) is 0. The number of benzene rings is 2. The van der Waals surface area contributed by atoms with E-state index < -0.39 is 11.8 Å². The van der Waals surface area contributed by atoms with Gasteiger partial charge in [-0.2, -0.15) is 5.10 Å². The van der Waals surface area contributed by atoms with Crippen molar-refractivity contribution in [3.8, 4) is 11.5 Å². The third kappa shape index (κ3) is 7.42. The molecule has 7 nitrogen and oxygen atoms in total. The maximum Gasteiger partial charge on any atom is 0.329 e. The summed E-state index contributed by atoms with van der Waals surface area (Å²) in [4.78, 5) is 23.7. The van der Waals surface area contributed by atoms with Gasteiger partial charge in [-0.25, -0.2) is 5.43 Å². The first-order valence-electron chi connectivity index (χ1n) is 8.89. The van der Waals surface area contributed by atoms with E-state index >= 15 is 0 Å². The lowest BCUT2D eigenvalue weighted by Crippen LogP contribution is -2.37. The molecule has 0 saturated carbocycles. The number of nitrogens with zero attached hydrogens (tertiary/aromatic N) is 1. The summed E-state index contributed by atoms with van der Waals surface area (Å²) in [5, 5.41) is 6.36. The molecule has 8 heteroatoms. The predicted octanol–water partition coefficient (Wildman–Crippen LogP) is 3.18. The minimum absolute atomic E-state index is 0.235. The van der Waals surface area contributed by atoms with E-state index in [0.29, 0.717) is 30.3 Å². The van der Waals surface area contributed by atoms with Gasteiger partial charge in [-0.05, 0) is 48.4 Å². The summed E-state index contributed by atoms with van der Waals surface area (Å²) in [5.41, 5.74) is 3.74. The lowest BCUT2D eigenvalue weighted by Gasteiger charge is -2.11. The van der Waals surface area contributed by atoms with Crippen molar-refractivity contribution in [2.24, 2.45) is 5.10 Å². The zero-order valence-electron chi connectivity index (χ0n) is 16.0. The third-order valence-electron chi connectivity index (χ3n) is 3.55. The van der Waals surface area contributed by atoms with Crippen LogP contribution in [-0.2, 0) is 16.1 Å². The minimum Gasteiger partial charge on any atom is -0.490 e. The van der Waals surface area contributed by atoms with Gasteiger partial charge in [-0.3, -0.25) is 9.59 Å². The maximum absolute atomic E-state index is 11.9. The molecular formula is C21H22BrN3O4. The van der Waals surface area contributed by atoms with Crippen LogP contribution in [0, 0.1) is 0 Å². The van der Waals surface area contributed by atoms with E-state index in [2.05, 4.69) is 38.4 Å². The maximum atomic E-state index is 11.9. The Kier molecular flexibility index (Phi) is 8.91. The molecule has 2 aromatic carbocycles. The molecule has 0 radical (unpaired) electrons. The van der Waals surface area contributed by atoms with Crippen LogP contribution in [0.15, 0.2) is 64.7 Å². The number of carbonyl (C=O) groups is 2. The van der Waals surface area contributed by atoms with Crippen LogP contribution in [0.3, 0.4) is 0 Å². The average molecular weight is 460 g/mol. The molecule has 0 unspecified atom stereocenters. The van der Waals surface area contributed by atoms with Crippen molar-refractivity contribution in [1.29, 1.82) is 0 Å². The molecular weight excluding hydrogens is 438 g/mol. The molecule has 29 heavy (non-hydrogen) atoms. The number of rotatable bonds is 9. The second-order valence-electron chi connectivity index (χ2n) is 5.75. The zero-order valence-corrected chi connectivity index (χ0v) is 17.6. The number of amides is 2. The monoisotopic (exact) mass is 459 g/mol. The zero-order chi connectivity index (χ0) is 21.1. The summed E-state index contributed by atoms with van der Waals surface area (Å²) < 4.78 is 12.0. The van der Waals surface area contributed by atoms with Crippen LogP contribution in [0.2, 0.25) is 0 Å². The van der Waals surface area contributed by atoms with Crippen LogP contribution >= 0.6 is 15.9 Å². The molecule has 0 aliphatic rings. The molecule has 0 saturated heterocycles. The van der Waals surface area contributed by atoms with Crippen molar-refractivity contribution < 1.29 is 19.1 Å². The fraction of sp³-hybridized carbons (Fsp3) is 0.190. The van der Waals surface area contributed by atoms with Crippen molar-refractivity contribution in [3.63, 3.8) is 0 Å². The van der Waals surface area contributed by atoms with Crippen LogP contribution in [0.1, 0.15) is 18.1 Å². The Bertz CT molecular complexity index is 899. The van der Waals surface area contributed by atoms with Crippen LogP contribution in [0.4, 0.5) is 0 Å². The Hall–Kier alpha value is -3.13. The minimum atomic E-state index is -0.854. The van der Waals surface area contributed by atoms with E-state index in [1.165, 1.54) is 6.21 Å². The van der Waals surface area contributed by atoms with Crippen molar-refractivity contribution in [2.45, 2.75) is 13.5 Å². The van der Waals surface area contributed by atoms with Gasteiger partial charge in [0.25, 0.3) is 0 Å². The number of halogens is 1. The highest BCUT2D eigenvalue weighted by Gasteiger charge is 2.12. The predicted molar refractivity (Wildman–Crippen MR) is 115 cm³/mol. The topological polar surface area (TPSA) is 89.0 Å². The van der Waals surface area contributed by atoms with Crippen LogP contribution < -0.4 is 20.2 Å². The number of hydrazone groups is 1. The van der Waals surface area contributed by atoms with E-state index in [1.807, 2.05) is 31.2 Å². The lowest BCUT2D eigenvalue weighted by atomic mass is 10.2. The SMILES string of the molecule is C=CCOc1ccc(C=NNC(=O)C(=O)NCc2cccc(Br)c2)cc1OCC. The van der Waals surface area contributed by atoms with Gasteiger partial charge in [0.15, 0.2) is 11.5 Å². The first kappa shape index (κ1) is 22.2. The van der Waals surface area contributed by atoms with Crippen LogP contribution in [-0.4, -0.2) is 31.2 Å². The Labute approximate surface area is 177 Å². The summed E-state index contributed by atoms with van der Waals surface area (Å²) >= 11 is 3.35. The largest absolute Gasteiger partial charge is 0.490 e. The van der Waals surface area contributed by atoms with Gasteiger partial charge >= 0.3 is 11.8 Å². The first-order valence-corrected chi connectivity index (χ1v) is 9.69. The fourth-order valence-corrected chi connectivity index (χ4v) is 2.71. The second-order valence-corrected chi connectivity index (χ2v) is 6.67. The lowest BCUT2D eigenvalue weighted by molar-refractivity contribution is -0.139. The molecule has 0 aliphatic heterocycles. The normalized spacial score (nSPS) is 10.4. The van der Waals surface area contributed by atoms with Gasteiger partial charge in [0.2, 0.25) is 0 Å². The van der Waals surface area contributed by atoms with Gasteiger partial charge in [0, 0.05) is 11.0 Å². The van der Waals surface area contributed by atoms with Crippen molar-refractivity contribution in [3.05, 3.63) is 70.7 Å². The molecule has 0 aromatic heterocycles. The Balaban J connectivity index is 1.90. The first-order chi connectivity index (χ1) is 14.0. The molecule has 2 rings (SSSR count). The highest BCUT2D eigenvalue weighted by molar-refractivity contribution is 9.10. The van der Waals surface area contributed by atoms with Crippen molar-refractivity contribution in [2.75, 3.05) is 13.2 Å². The van der Waals surface area contributed by atoms with E-state index in [0.717, 1.165) is 10.0 Å². The number of nitrogens with one attached hydrogen (secondary N) is 2. The van der Waals surface area contributed by atoms with Gasteiger partial charge in [0.1, 0.15) is 6.61 Å². The van der Waals surface area contributed by atoms with Gasteiger partial charge in [-0.1, -0.05) is 40.7 Å². The van der Waals surface area contributed by atoms with E-state index in [9.17, 15) is 9.59 Å². The Morgan fingerprint density at radius 2 is 1.97 bits per heavy atom. The summed E-state index contributed by atoms with van der Waals surface area (Å²) in [6, 6.07) is 12.6. The third-order valence-corrected chi connectivity index (χ3v) is 4.05. The summed E-state index contributed by atoms with van der Waals surface area (Å²) in [6.45, 7) is 6.55. The highest BCUT2D eigenvalue weighted by Crippen LogP contribution is 2.28. The van der Waals surface area contributed by atoms with E-state index in [-0.39, 0.29) is 6.54 Å². The highest BCUT2D eigenvalue weighted by atomic mass is 79.9. The van der Waals surface area contributed by atoms with Crippen molar-refractivity contribution in [1.82, 2.24) is 10.7 Å². The molecule has 0 heterocycles. The van der Waals surface area contributed by atoms with Crippen LogP contribution in [0.5, 0.6) is 11.5 Å². The number of carbonyl (C=O) groups excluding carboxylic acids is 2. The quantitative estimate of drug-likeness (QED) is 0.261. The number of ether oxygens (including phenoxy) is 2. The molecule has 2 N–H and O–H groups in total. The molecule has 152 valence electrons. The Morgan fingerprint density at radius 1 is 1.14 bits per heavy atom. The fourth-order valence-electron chi connectivity index (χ4n) is 2.27. The standard InChI is InChI=1S/C21H22BrN3O4/c1-3-10-29-18-9-8-16(12-19(18)28-4-2)14-24-25-21(27)20(26)23-13-15-6-5-7-17(22)11-15/h3,5-9,11-12,14H,1,4,10,13H2,2H3,(H,23,26)(H,25,27). The molecule has 2 aromatic rings. The van der Waals surface area contributed by atoms with E-state index in [1.54, 1.807) is 24.3 Å². The summed E-state index contributed by atoms with van der Waals surface area (Å²) in [6.07, 6.45) is 3.06. The molecule has 0 fully saturated rings. The van der Waals surface area contributed by atoms with Crippen LogP contribution in [0.25, 0.3) is 0 Å². The van der Waals surface area contributed by atoms with Gasteiger partial charge < -0.3 is 14.8 Å². The summed E-state index contributed by atoms with van der Waals surface area (Å²) in [5.74, 6) is -0.492. The molecule has 0 aliphatic carbocycles. The molecule has 0 atom stereocenters. The second kappa shape index (κ2) is 11.7. The van der Waals surface area contributed by atoms with E-state index in [4.69, 9.17) is 9.47 Å². The van der Waals surface area contributed by atoms with Gasteiger partial charge in [-0.15, -0.1) is 0 Å². The Morgan fingerprint density at radius 3 is 2.69 bits per heavy atom. The number of hydrogen-bond acceptors (Lipinski definition) is 5. The number of hydrogen-bond donors (Lipinski definition) is 2. The molecule has 0 bridgehead atoms. The molecule has 0 spiro atoms. The van der Waals surface area contributed by atoms with Crippen molar-refractivity contribution >= 4 is 34.0 Å². The van der Waals surface area contributed by atoms with Gasteiger partial charge in [0.05, 0.1) is 12.8 Å². The smallest absolute Gasteiger partial charge is 0.329 e. The average Bonchev–Trinajstić information content (AvgIpc) is 2.71.